The number of hydrogen-bond acceptors (Lipinski definition) is 5. The highest BCUT2D eigenvalue weighted by molar-refractivity contribution is 6.31. The van der Waals surface area contributed by atoms with Gasteiger partial charge in [0, 0.05) is 37.2 Å². The smallest absolute Gasteiger partial charge is 0.317 e. The van der Waals surface area contributed by atoms with E-state index in [2.05, 4.69) is 10.6 Å². The number of halogens is 1. The van der Waals surface area contributed by atoms with Crippen molar-refractivity contribution in [3.8, 4) is 5.75 Å². The van der Waals surface area contributed by atoms with Gasteiger partial charge in [-0.2, -0.15) is 0 Å². The molecule has 0 bridgehead atoms. The first-order valence-electron chi connectivity index (χ1n) is 9.95. The molecule has 1 aromatic carbocycles. The largest absolute Gasteiger partial charge is 0.506 e. The first-order valence-corrected chi connectivity index (χ1v) is 10.3. The molecule has 1 fully saturated rings. The number of amides is 3. The number of benzene rings is 1. The average Bonchev–Trinajstić information content (AvgIpc) is 3.26. The van der Waals surface area contributed by atoms with Crippen molar-refractivity contribution in [2.75, 3.05) is 31.6 Å². The Bertz CT molecular complexity index is 835. The molecule has 8 nitrogen and oxygen atoms in total. The molecule has 1 aliphatic heterocycles. The monoisotopic (exact) mass is 435 g/mol. The zero-order valence-electron chi connectivity index (χ0n) is 16.6. The van der Waals surface area contributed by atoms with Gasteiger partial charge in [0.25, 0.3) is 0 Å². The second-order valence-electron chi connectivity index (χ2n) is 7.13. The van der Waals surface area contributed by atoms with Crippen LogP contribution in [0, 0.1) is 5.92 Å². The van der Waals surface area contributed by atoms with Crippen molar-refractivity contribution in [1.29, 1.82) is 0 Å². The number of rotatable bonds is 8. The highest BCUT2D eigenvalue weighted by Crippen LogP contribution is 2.28. The van der Waals surface area contributed by atoms with E-state index in [1.165, 1.54) is 12.1 Å². The molecule has 0 spiro atoms. The van der Waals surface area contributed by atoms with Crippen LogP contribution in [0.2, 0.25) is 5.02 Å². The molecule has 3 N–H and O–H groups in total. The van der Waals surface area contributed by atoms with E-state index < -0.39 is 0 Å². The standard InChI is InChI=1S/C21H26ClN3O5/c22-16-4-5-19(26)18(13-16)24-20(27)15-6-9-25(10-7-15)21(28)23-8-2-11-29-14-17-3-1-12-30-17/h1,3-5,12-13,15,26H,2,6-11,14H2,(H,23,28)(H,24,27). The van der Waals surface area contributed by atoms with Crippen molar-refractivity contribution < 1.29 is 23.8 Å². The van der Waals surface area contributed by atoms with Crippen LogP contribution in [0.5, 0.6) is 5.75 Å². The van der Waals surface area contributed by atoms with Crippen LogP contribution in [0.25, 0.3) is 0 Å². The molecule has 0 unspecified atom stereocenters. The van der Waals surface area contributed by atoms with E-state index in [9.17, 15) is 14.7 Å². The van der Waals surface area contributed by atoms with Crippen molar-refractivity contribution in [2.24, 2.45) is 5.92 Å². The van der Waals surface area contributed by atoms with Gasteiger partial charge in [-0.05, 0) is 49.6 Å². The fourth-order valence-electron chi connectivity index (χ4n) is 3.24. The lowest BCUT2D eigenvalue weighted by Gasteiger charge is -2.31. The van der Waals surface area contributed by atoms with Gasteiger partial charge >= 0.3 is 6.03 Å². The molecule has 30 heavy (non-hydrogen) atoms. The molecule has 2 heterocycles. The molecule has 2 aromatic rings. The molecular weight excluding hydrogens is 410 g/mol. The number of aromatic hydroxyl groups is 1. The van der Waals surface area contributed by atoms with Crippen LogP contribution in [-0.4, -0.2) is 48.2 Å². The Kier molecular flexibility index (Phi) is 7.98. The van der Waals surface area contributed by atoms with Crippen molar-refractivity contribution in [2.45, 2.75) is 25.9 Å². The zero-order valence-corrected chi connectivity index (χ0v) is 17.4. The third-order valence-electron chi connectivity index (χ3n) is 4.94. The van der Waals surface area contributed by atoms with E-state index in [0.717, 1.165) is 5.76 Å². The fourth-order valence-corrected chi connectivity index (χ4v) is 3.41. The summed E-state index contributed by atoms with van der Waals surface area (Å²) in [6.45, 7) is 2.47. The van der Waals surface area contributed by atoms with Gasteiger partial charge in [-0.25, -0.2) is 4.79 Å². The second kappa shape index (κ2) is 10.9. The second-order valence-corrected chi connectivity index (χ2v) is 7.57. The summed E-state index contributed by atoms with van der Waals surface area (Å²) in [4.78, 5) is 26.5. The number of furan rings is 1. The summed E-state index contributed by atoms with van der Waals surface area (Å²) < 4.78 is 10.7. The molecule has 0 radical (unpaired) electrons. The number of likely N-dealkylation sites (tertiary alicyclic amines) is 1. The first-order chi connectivity index (χ1) is 14.5. The number of carbonyl (C=O) groups excluding carboxylic acids is 2. The van der Waals surface area contributed by atoms with Gasteiger partial charge in [0.1, 0.15) is 18.1 Å². The highest BCUT2D eigenvalue weighted by atomic mass is 35.5. The van der Waals surface area contributed by atoms with Crippen LogP contribution < -0.4 is 10.6 Å². The van der Waals surface area contributed by atoms with Crippen molar-refractivity contribution in [3.05, 3.63) is 47.4 Å². The Balaban J connectivity index is 1.31. The van der Waals surface area contributed by atoms with Gasteiger partial charge in [-0.1, -0.05) is 11.6 Å². The molecule has 162 valence electrons. The number of ether oxygens (including phenoxy) is 1. The SMILES string of the molecule is O=C(Nc1cc(Cl)ccc1O)C1CCN(C(=O)NCCCOCc2ccco2)CC1. The van der Waals surface area contributed by atoms with Crippen molar-refractivity contribution >= 4 is 29.2 Å². The summed E-state index contributed by atoms with van der Waals surface area (Å²) >= 11 is 5.91. The lowest BCUT2D eigenvalue weighted by molar-refractivity contribution is -0.121. The Hall–Kier alpha value is -2.71. The number of hydrogen-bond donors (Lipinski definition) is 3. The molecule has 0 saturated carbocycles. The number of phenols is 1. The van der Waals surface area contributed by atoms with Gasteiger partial charge < -0.3 is 29.8 Å². The number of anilines is 1. The van der Waals surface area contributed by atoms with Crippen molar-refractivity contribution in [3.63, 3.8) is 0 Å². The number of urea groups is 1. The summed E-state index contributed by atoms with van der Waals surface area (Å²) in [6, 6.07) is 8.03. The summed E-state index contributed by atoms with van der Waals surface area (Å²) in [5, 5.41) is 15.9. The normalized spacial score (nSPS) is 14.5. The maximum Gasteiger partial charge on any atom is 0.317 e. The predicted molar refractivity (Wildman–Crippen MR) is 112 cm³/mol. The van der Waals surface area contributed by atoms with Crippen LogP contribution in [0.1, 0.15) is 25.0 Å². The summed E-state index contributed by atoms with van der Waals surface area (Å²) in [6.07, 6.45) is 3.43. The van der Waals surface area contributed by atoms with E-state index in [0.29, 0.717) is 62.8 Å². The zero-order chi connectivity index (χ0) is 21.3. The quantitative estimate of drug-likeness (QED) is 0.434. The molecule has 1 aromatic heterocycles. The minimum atomic E-state index is -0.220. The van der Waals surface area contributed by atoms with Crippen LogP contribution >= 0.6 is 11.6 Å². The first kappa shape index (κ1) is 22.0. The van der Waals surface area contributed by atoms with Crippen LogP contribution in [0.15, 0.2) is 41.0 Å². The van der Waals surface area contributed by atoms with Crippen LogP contribution in [-0.2, 0) is 16.1 Å². The summed E-state index contributed by atoms with van der Waals surface area (Å²) in [5.41, 5.74) is 0.293. The van der Waals surface area contributed by atoms with Crippen LogP contribution in [0.4, 0.5) is 10.5 Å². The number of carbonyl (C=O) groups is 2. The van der Waals surface area contributed by atoms with E-state index >= 15 is 0 Å². The number of nitrogens with zero attached hydrogens (tertiary/aromatic N) is 1. The van der Waals surface area contributed by atoms with E-state index in [-0.39, 0.29) is 23.6 Å². The molecule has 0 atom stereocenters. The Labute approximate surface area is 180 Å². The van der Waals surface area contributed by atoms with Gasteiger partial charge in [0.15, 0.2) is 0 Å². The third kappa shape index (κ3) is 6.40. The Morgan fingerprint density at radius 3 is 2.80 bits per heavy atom. The molecule has 3 amide bonds. The average molecular weight is 436 g/mol. The number of piperidine rings is 1. The van der Waals surface area contributed by atoms with E-state index in [4.69, 9.17) is 20.8 Å². The minimum absolute atomic E-state index is 0.0299. The Morgan fingerprint density at radius 2 is 2.07 bits per heavy atom. The number of phenolic OH excluding ortho intramolecular Hbond substituents is 1. The highest BCUT2D eigenvalue weighted by Gasteiger charge is 2.27. The van der Waals surface area contributed by atoms with Gasteiger partial charge in [-0.3, -0.25) is 4.79 Å². The molecule has 0 aliphatic carbocycles. The topological polar surface area (TPSA) is 104 Å². The fraction of sp³-hybridized carbons (Fsp3) is 0.429. The predicted octanol–water partition coefficient (Wildman–Crippen LogP) is 3.61. The van der Waals surface area contributed by atoms with Crippen molar-refractivity contribution in [1.82, 2.24) is 10.2 Å². The third-order valence-corrected chi connectivity index (χ3v) is 5.17. The van der Waals surface area contributed by atoms with Gasteiger partial charge in [0.05, 0.1) is 12.0 Å². The molecule has 1 aliphatic rings. The Morgan fingerprint density at radius 1 is 1.27 bits per heavy atom. The summed E-state index contributed by atoms with van der Waals surface area (Å²) in [7, 11) is 0. The maximum absolute atomic E-state index is 12.5. The number of nitrogens with one attached hydrogen (secondary N) is 2. The van der Waals surface area contributed by atoms with Crippen LogP contribution in [0.3, 0.4) is 0 Å². The van der Waals surface area contributed by atoms with E-state index in [1.807, 2.05) is 12.1 Å². The van der Waals surface area contributed by atoms with Gasteiger partial charge in [-0.15, -0.1) is 0 Å². The summed E-state index contributed by atoms with van der Waals surface area (Å²) in [5.74, 6) is 0.345. The minimum Gasteiger partial charge on any atom is -0.506 e. The van der Waals surface area contributed by atoms with Gasteiger partial charge in [0.2, 0.25) is 5.91 Å². The molecule has 1 saturated heterocycles. The lowest BCUT2D eigenvalue weighted by atomic mass is 9.96. The molecular formula is C21H26ClN3O5. The molecule has 9 heteroatoms. The lowest BCUT2D eigenvalue weighted by Crippen LogP contribution is -2.46. The molecule has 3 rings (SSSR count). The van der Waals surface area contributed by atoms with E-state index in [1.54, 1.807) is 17.2 Å². The maximum atomic E-state index is 12.5.